The highest BCUT2D eigenvalue weighted by molar-refractivity contribution is 7.99. The predicted octanol–water partition coefficient (Wildman–Crippen LogP) is 3.77. The molecule has 0 saturated heterocycles. The standard InChI is InChI=1S/C19H22N2O2S/c1-23-15-8-6-14(7-9-15)10-12-20-19(22)21-17-11-13-24-18-5-3-2-4-16(17)18/h2-9,17H,10-13H2,1H3,(H2,20,21,22). The van der Waals surface area contributed by atoms with Crippen LogP contribution in [0.5, 0.6) is 5.75 Å². The Morgan fingerprint density at radius 3 is 2.79 bits per heavy atom. The summed E-state index contributed by atoms with van der Waals surface area (Å²) in [6, 6.07) is 16.2. The summed E-state index contributed by atoms with van der Waals surface area (Å²) in [5.41, 5.74) is 2.40. The summed E-state index contributed by atoms with van der Waals surface area (Å²) in [6.07, 6.45) is 1.77. The molecule has 1 heterocycles. The quantitative estimate of drug-likeness (QED) is 0.869. The lowest BCUT2D eigenvalue weighted by molar-refractivity contribution is 0.236. The van der Waals surface area contributed by atoms with Crippen LogP contribution < -0.4 is 15.4 Å². The molecule has 1 aliphatic rings. The first-order chi connectivity index (χ1) is 11.8. The van der Waals surface area contributed by atoms with Crippen molar-refractivity contribution in [2.45, 2.75) is 23.8 Å². The highest BCUT2D eigenvalue weighted by Crippen LogP contribution is 2.35. The van der Waals surface area contributed by atoms with Gasteiger partial charge in [0.05, 0.1) is 13.2 Å². The van der Waals surface area contributed by atoms with E-state index in [1.165, 1.54) is 16.0 Å². The minimum Gasteiger partial charge on any atom is -0.497 e. The number of hydrogen-bond donors (Lipinski definition) is 2. The number of ether oxygens (including phenoxy) is 1. The van der Waals surface area contributed by atoms with Gasteiger partial charge in [-0.25, -0.2) is 4.79 Å². The first-order valence-corrected chi connectivity index (χ1v) is 9.14. The first-order valence-electron chi connectivity index (χ1n) is 8.15. The molecule has 0 aromatic heterocycles. The van der Waals surface area contributed by atoms with Crippen LogP contribution in [0, 0.1) is 0 Å². The van der Waals surface area contributed by atoms with Crippen molar-refractivity contribution in [3.8, 4) is 5.75 Å². The van der Waals surface area contributed by atoms with Crippen molar-refractivity contribution in [1.82, 2.24) is 10.6 Å². The van der Waals surface area contributed by atoms with Crippen molar-refractivity contribution >= 4 is 17.8 Å². The minimum absolute atomic E-state index is 0.100. The van der Waals surface area contributed by atoms with Crippen molar-refractivity contribution in [3.63, 3.8) is 0 Å². The zero-order chi connectivity index (χ0) is 16.8. The van der Waals surface area contributed by atoms with E-state index in [2.05, 4.69) is 22.8 Å². The van der Waals surface area contributed by atoms with Gasteiger partial charge in [0.1, 0.15) is 5.75 Å². The molecule has 0 spiro atoms. The number of thioether (sulfide) groups is 1. The number of nitrogens with one attached hydrogen (secondary N) is 2. The van der Waals surface area contributed by atoms with Gasteiger partial charge in [0, 0.05) is 17.2 Å². The molecule has 0 aliphatic carbocycles. The lowest BCUT2D eigenvalue weighted by atomic mass is 10.0. The highest BCUT2D eigenvalue weighted by Gasteiger charge is 2.21. The fourth-order valence-electron chi connectivity index (χ4n) is 2.81. The maximum Gasteiger partial charge on any atom is 0.315 e. The van der Waals surface area contributed by atoms with E-state index in [1.807, 2.05) is 48.2 Å². The molecule has 1 aliphatic heterocycles. The summed E-state index contributed by atoms with van der Waals surface area (Å²) in [5.74, 6) is 1.88. The molecule has 0 radical (unpaired) electrons. The van der Waals surface area contributed by atoms with Crippen LogP contribution >= 0.6 is 11.8 Å². The number of benzene rings is 2. The number of rotatable bonds is 5. The van der Waals surface area contributed by atoms with Crippen LogP contribution in [0.3, 0.4) is 0 Å². The number of amides is 2. The number of methoxy groups -OCH3 is 1. The second kappa shape index (κ2) is 8.11. The van der Waals surface area contributed by atoms with Gasteiger partial charge >= 0.3 is 6.03 Å². The van der Waals surface area contributed by atoms with Gasteiger partial charge in [0.15, 0.2) is 0 Å². The topological polar surface area (TPSA) is 50.4 Å². The van der Waals surface area contributed by atoms with Crippen molar-refractivity contribution in [2.24, 2.45) is 0 Å². The minimum atomic E-state index is -0.102. The van der Waals surface area contributed by atoms with Crippen LogP contribution in [0.2, 0.25) is 0 Å². The lowest BCUT2D eigenvalue weighted by Gasteiger charge is -2.25. The zero-order valence-electron chi connectivity index (χ0n) is 13.7. The van der Waals surface area contributed by atoms with E-state index in [4.69, 9.17) is 4.74 Å². The van der Waals surface area contributed by atoms with Gasteiger partial charge in [-0.3, -0.25) is 0 Å². The average Bonchev–Trinajstić information content (AvgIpc) is 2.63. The SMILES string of the molecule is COc1ccc(CCNC(=O)NC2CCSc3ccccc32)cc1. The molecule has 4 nitrogen and oxygen atoms in total. The van der Waals surface area contributed by atoms with Gasteiger partial charge in [-0.05, 0) is 42.2 Å². The molecule has 0 bridgehead atoms. The lowest BCUT2D eigenvalue weighted by Crippen LogP contribution is -2.39. The summed E-state index contributed by atoms with van der Waals surface area (Å²) in [6.45, 7) is 0.612. The molecule has 126 valence electrons. The largest absolute Gasteiger partial charge is 0.497 e. The van der Waals surface area contributed by atoms with Crippen LogP contribution in [-0.4, -0.2) is 25.4 Å². The Labute approximate surface area is 147 Å². The van der Waals surface area contributed by atoms with Gasteiger partial charge < -0.3 is 15.4 Å². The number of urea groups is 1. The first kappa shape index (κ1) is 16.7. The van der Waals surface area contributed by atoms with E-state index in [0.29, 0.717) is 6.54 Å². The average molecular weight is 342 g/mol. The smallest absolute Gasteiger partial charge is 0.315 e. The van der Waals surface area contributed by atoms with E-state index in [-0.39, 0.29) is 12.1 Å². The normalized spacial score (nSPS) is 16.1. The molecule has 0 fully saturated rings. The van der Waals surface area contributed by atoms with Crippen molar-refractivity contribution in [1.29, 1.82) is 0 Å². The number of carbonyl (C=O) groups excluding carboxylic acids is 1. The van der Waals surface area contributed by atoms with Gasteiger partial charge in [0.25, 0.3) is 0 Å². The highest BCUT2D eigenvalue weighted by atomic mass is 32.2. The van der Waals surface area contributed by atoms with Gasteiger partial charge in [-0.1, -0.05) is 30.3 Å². The second-order valence-corrected chi connectivity index (χ2v) is 6.86. The molecule has 0 saturated carbocycles. The molecule has 24 heavy (non-hydrogen) atoms. The predicted molar refractivity (Wildman–Crippen MR) is 97.8 cm³/mol. The van der Waals surface area contributed by atoms with Gasteiger partial charge in [-0.15, -0.1) is 11.8 Å². The van der Waals surface area contributed by atoms with Crippen molar-refractivity contribution in [3.05, 3.63) is 59.7 Å². The Morgan fingerprint density at radius 2 is 2.00 bits per heavy atom. The van der Waals surface area contributed by atoms with Crippen LogP contribution in [0.25, 0.3) is 0 Å². The molecular weight excluding hydrogens is 320 g/mol. The molecule has 3 rings (SSSR count). The maximum absolute atomic E-state index is 12.2. The van der Waals surface area contributed by atoms with E-state index < -0.39 is 0 Å². The Bertz CT molecular complexity index is 688. The number of fused-ring (bicyclic) bond motifs is 1. The van der Waals surface area contributed by atoms with Crippen LogP contribution in [0.4, 0.5) is 4.79 Å². The van der Waals surface area contributed by atoms with Crippen molar-refractivity contribution in [2.75, 3.05) is 19.4 Å². The molecule has 2 aromatic rings. The monoisotopic (exact) mass is 342 g/mol. The maximum atomic E-state index is 12.2. The summed E-state index contributed by atoms with van der Waals surface area (Å²) in [4.78, 5) is 13.4. The summed E-state index contributed by atoms with van der Waals surface area (Å²) in [5, 5.41) is 6.05. The molecule has 5 heteroatoms. The molecule has 2 amide bonds. The molecular formula is C19H22N2O2S. The Hall–Kier alpha value is -2.14. The fraction of sp³-hybridized carbons (Fsp3) is 0.316. The molecule has 2 aromatic carbocycles. The molecule has 2 N–H and O–H groups in total. The third-order valence-corrected chi connectivity index (χ3v) is 5.24. The summed E-state index contributed by atoms with van der Waals surface area (Å²) >= 11 is 1.86. The Balaban J connectivity index is 1.48. The van der Waals surface area contributed by atoms with Crippen LogP contribution in [0.15, 0.2) is 53.4 Å². The van der Waals surface area contributed by atoms with E-state index >= 15 is 0 Å². The fourth-order valence-corrected chi connectivity index (χ4v) is 3.94. The third-order valence-electron chi connectivity index (χ3n) is 4.12. The zero-order valence-corrected chi connectivity index (χ0v) is 14.6. The second-order valence-electron chi connectivity index (χ2n) is 5.73. The third kappa shape index (κ3) is 4.23. The van der Waals surface area contributed by atoms with Crippen LogP contribution in [0.1, 0.15) is 23.6 Å². The molecule has 1 unspecified atom stereocenters. The van der Waals surface area contributed by atoms with E-state index in [0.717, 1.165) is 24.3 Å². The Morgan fingerprint density at radius 1 is 1.21 bits per heavy atom. The van der Waals surface area contributed by atoms with Crippen LogP contribution in [-0.2, 0) is 6.42 Å². The van der Waals surface area contributed by atoms with E-state index in [1.54, 1.807) is 7.11 Å². The summed E-state index contributed by atoms with van der Waals surface area (Å²) in [7, 11) is 1.66. The number of carbonyl (C=O) groups is 1. The number of hydrogen-bond acceptors (Lipinski definition) is 3. The van der Waals surface area contributed by atoms with E-state index in [9.17, 15) is 4.79 Å². The summed E-state index contributed by atoms with van der Waals surface area (Å²) < 4.78 is 5.14. The van der Waals surface area contributed by atoms with Crippen molar-refractivity contribution < 1.29 is 9.53 Å². The van der Waals surface area contributed by atoms with Gasteiger partial charge in [-0.2, -0.15) is 0 Å². The molecule has 1 atom stereocenters. The van der Waals surface area contributed by atoms with Gasteiger partial charge in [0.2, 0.25) is 0 Å². The Kier molecular flexibility index (Phi) is 5.64.